The van der Waals surface area contributed by atoms with Crippen molar-refractivity contribution in [3.63, 3.8) is 0 Å². The van der Waals surface area contributed by atoms with E-state index in [2.05, 4.69) is 35.8 Å². The number of thiocarbonyl (C=S) groups is 1. The van der Waals surface area contributed by atoms with Gasteiger partial charge in [0.05, 0.1) is 0 Å². The normalized spacial score (nSPS) is 20.3. The number of amidine groups is 1. The zero-order valence-corrected chi connectivity index (χ0v) is 13.6. The fourth-order valence-electron chi connectivity index (χ4n) is 2.92. The molecular weight excluding hydrogens is 290 g/mol. The molecule has 0 spiro atoms. The van der Waals surface area contributed by atoms with Crippen molar-refractivity contribution in [2.45, 2.75) is 38.8 Å². The van der Waals surface area contributed by atoms with Crippen LogP contribution in [0.25, 0.3) is 0 Å². The number of fused-ring (bicyclic) bond motifs is 1. The first kappa shape index (κ1) is 15.1. The maximum Gasteiger partial charge on any atom is 0.131 e. The SMILES string of the molecule is CCC1Cc2ccc(NC(=N)C3=CC=CCC3=S)cc2CN1. The molecule has 0 aromatic heterocycles. The highest BCUT2D eigenvalue weighted by molar-refractivity contribution is 7.81. The van der Waals surface area contributed by atoms with E-state index in [-0.39, 0.29) is 0 Å². The van der Waals surface area contributed by atoms with E-state index in [1.807, 2.05) is 18.2 Å². The van der Waals surface area contributed by atoms with Gasteiger partial charge in [-0.05, 0) is 36.1 Å². The molecule has 2 aliphatic rings. The summed E-state index contributed by atoms with van der Waals surface area (Å²) in [4.78, 5) is 0.824. The van der Waals surface area contributed by atoms with Crippen LogP contribution in [-0.4, -0.2) is 16.7 Å². The lowest BCUT2D eigenvalue weighted by molar-refractivity contribution is 0.468. The third-order valence-electron chi connectivity index (χ3n) is 4.29. The molecule has 0 amide bonds. The molecule has 1 aromatic rings. The highest BCUT2D eigenvalue weighted by Crippen LogP contribution is 2.23. The Bertz CT molecular complexity index is 673. The van der Waals surface area contributed by atoms with Crippen molar-refractivity contribution in [1.29, 1.82) is 5.41 Å². The molecule has 0 bridgehead atoms. The number of nitrogens with one attached hydrogen (secondary N) is 3. The monoisotopic (exact) mass is 311 g/mol. The molecule has 3 N–H and O–H groups in total. The van der Waals surface area contributed by atoms with Crippen molar-refractivity contribution in [2.24, 2.45) is 0 Å². The summed E-state index contributed by atoms with van der Waals surface area (Å²) in [6.07, 6.45) is 8.88. The van der Waals surface area contributed by atoms with Gasteiger partial charge in [-0.3, -0.25) is 5.41 Å². The molecule has 1 atom stereocenters. The van der Waals surface area contributed by atoms with Crippen molar-refractivity contribution in [2.75, 3.05) is 5.32 Å². The van der Waals surface area contributed by atoms with Crippen molar-refractivity contribution in [3.8, 4) is 0 Å². The minimum atomic E-state index is 0.379. The maximum absolute atomic E-state index is 8.24. The van der Waals surface area contributed by atoms with Gasteiger partial charge in [-0.25, -0.2) is 0 Å². The van der Waals surface area contributed by atoms with Gasteiger partial charge in [0.15, 0.2) is 0 Å². The summed E-state index contributed by atoms with van der Waals surface area (Å²) >= 11 is 5.33. The van der Waals surface area contributed by atoms with E-state index in [9.17, 15) is 0 Å². The van der Waals surface area contributed by atoms with Gasteiger partial charge in [0.25, 0.3) is 0 Å². The molecule has 3 rings (SSSR count). The van der Waals surface area contributed by atoms with E-state index in [1.165, 1.54) is 11.1 Å². The lowest BCUT2D eigenvalue weighted by atomic mass is 9.94. The van der Waals surface area contributed by atoms with Gasteiger partial charge in [0.1, 0.15) is 5.84 Å². The van der Waals surface area contributed by atoms with E-state index < -0.39 is 0 Å². The zero-order chi connectivity index (χ0) is 15.5. The average Bonchev–Trinajstić information content (AvgIpc) is 2.54. The molecule has 1 aliphatic carbocycles. The van der Waals surface area contributed by atoms with Crippen molar-refractivity contribution < 1.29 is 0 Å². The molecule has 1 heterocycles. The molecule has 114 valence electrons. The molecule has 0 radical (unpaired) electrons. The maximum atomic E-state index is 8.24. The Balaban J connectivity index is 1.74. The van der Waals surface area contributed by atoms with Gasteiger partial charge in [-0.15, -0.1) is 0 Å². The molecule has 1 aromatic carbocycles. The number of hydrogen-bond donors (Lipinski definition) is 3. The van der Waals surface area contributed by atoms with Crippen LogP contribution in [0.5, 0.6) is 0 Å². The average molecular weight is 311 g/mol. The molecule has 3 nitrogen and oxygen atoms in total. The molecule has 1 unspecified atom stereocenters. The van der Waals surface area contributed by atoms with E-state index >= 15 is 0 Å². The molecule has 0 saturated heterocycles. The van der Waals surface area contributed by atoms with E-state index in [0.717, 1.165) is 41.9 Å². The molecule has 0 saturated carbocycles. The fourth-order valence-corrected chi connectivity index (χ4v) is 3.19. The second kappa shape index (κ2) is 6.55. The summed E-state index contributed by atoms with van der Waals surface area (Å²) in [5.41, 5.74) is 4.51. The van der Waals surface area contributed by atoms with E-state index in [4.69, 9.17) is 17.6 Å². The minimum Gasteiger partial charge on any atom is -0.340 e. The zero-order valence-electron chi connectivity index (χ0n) is 12.8. The Morgan fingerprint density at radius 3 is 3.05 bits per heavy atom. The van der Waals surface area contributed by atoms with Gasteiger partial charge in [0.2, 0.25) is 0 Å². The molecule has 22 heavy (non-hydrogen) atoms. The summed E-state index contributed by atoms with van der Waals surface area (Å²) in [5, 5.41) is 15.0. The Morgan fingerprint density at radius 1 is 1.41 bits per heavy atom. The Kier molecular flexibility index (Phi) is 4.50. The number of allylic oxidation sites excluding steroid dienone is 3. The second-order valence-corrected chi connectivity index (χ2v) is 6.30. The van der Waals surface area contributed by atoms with Crippen LogP contribution in [0.3, 0.4) is 0 Å². The van der Waals surface area contributed by atoms with Crippen LogP contribution in [-0.2, 0) is 13.0 Å². The van der Waals surface area contributed by atoms with Crippen molar-refractivity contribution in [1.82, 2.24) is 5.32 Å². The lowest BCUT2D eigenvalue weighted by Gasteiger charge is -2.26. The fraction of sp³-hybridized carbons (Fsp3) is 0.333. The van der Waals surface area contributed by atoms with Crippen molar-refractivity contribution >= 4 is 28.6 Å². The van der Waals surface area contributed by atoms with Crippen LogP contribution in [0.2, 0.25) is 0 Å². The van der Waals surface area contributed by atoms with Gasteiger partial charge < -0.3 is 10.6 Å². The summed E-state index contributed by atoms with van der Waals surface area (Å²) in [7, 11) is 0. The Morgan fingerprint density at radius 2 is 2.27 bits per heavy atom. The summed E-state index contributed by atoms with van der Waals surface area (Å²) < 4.78 is 0. The molecule has 0 fully saturated rings. The van der Waals surface area contributed by atoms with Crippen LogP contribution in [0.1, 0.15) is 30.9 Å². The molecule has 1 aliphatic heterocycles. The number of benzene rings is 1. The predicted octanol–water partition coefficient (Wildman–Crippen LogP) is 3.76. The Labute approximate surface area is 137 Å². The van der Waals surface area contributed by atoms with Crippen LogP contribution < -0.4 is 10.6 Å². The van der Waals surface area contributed by atoms with Crippen LogP contribution in [0.4, 0.5) is 5.69 Å². The highest BCUT2D eigenvalue weighted by Gasteiger charge is 2.17. The Hall–Kier alpha value is -1.78. The third-order valence-corrected chi connectivity index (χ3v) is 4.67. The van der Waals surface area contributed by atoms with Gasteiger partial charge in [0, 0.05) is 35.1 Å². The van der Waals surface area contributed by atoms with Crippen LogP contribution in [0, 0.1) is 5.41 Å². The van der Waals surface area contributed by atoms with Crippen LogP contribution in [0.15, 0.2) is 42.0 Å². The standard InChI is InChI=1S/C18H21N3S/c1-2-14-9-12-7-8-15(10-13(12)11-20-14)21-18(19)16-5-3-4-6-17(16)22/h3-5,7-8,10,14,20H,2,6,9,11H2,1H3,(H2,19,21). The van der Waals surface area contributed by atoms with Crippen molar-refractivity contribution in [3.05, 3.63) is 53.1 Å². The minimum absolute atomic E-state index is 0.379. The first-order valence-corrected chi connectivity index (χ1v) is 8.19. The summed E-state index contributed by atoms with van der Waals surface area (Å²) in [6.45, 7) is 3.12. The van der Waals surface area contributed by atoms with Gasteiger partial charge in [-0.1, -0.05) is 43.4 Å². The third kappa shape index (κ3) is 3.18. The topological polar surface area (TPSA) is 47.9 Å². The second-order valence-electron chi connectivity index (χ2n) is 5.81. The first-order chi connectivity index (χ1) is 10.7. The number of rotatable bonds is 3. The largest absolute Gasteiger partial charge is 0.340 e. The number of anilines is 1. The van der Waals surface area contributed by atoms with E-state index in [0.29, 0.717) is 11.9 Å². The summed E-state index contributed by atoms with van der Waals surface area (Å²) in [5.74, 6) is 0.379. The lowest BCUT2D eigenvalue weighted by Crippen LogP contribution is -2.34. The van der Waals surface area contributed by atoms with Gasteiger partial charge >= 0.3 is 0 Å². The predicted molar refractivity (Wildman–Crippen MR) is 96.9 cm³/mol. The molecular formula is C18H21N3S. The van der Waals surface area contributed by atoms with Gasteiger partial charge in [-0.2, -0.15) is 0 Å². The highest BCUT2D eigenvalue weighted by atomic mass is 32.1. The quantitative estimate of drug-likeness (QED) is 0.452. The van der Waals surface area contributed by atoms with E-state index in [1.54, 1.807) is 0 Å². The molecule has 4 heteroatoms. The van der Waals surface area contributed by atoms with Crippen LogP contribution >= 0.6 is 12.2 Å². The smallest absolute Gasteiger partial charge is 0.131 e. The first-order valence-electron chi connectivity index (χ1n) is 7.78. The number of hydrogen-bond acceptors (Lipinski definition) is 3. The summed E-state index contributed by atoms with van der Waals surface area (Å²) in [6, 6.07) is 6.97.